The summed E-state index contributed by atoms with van der Waals surface area (Å²) >= 11 is 0. The van der Waals surface area contributed by atoms with Crippen LogP contribution in [0.2, 0.25) is 0 Å². The molecule has 128 valence electrons. The molecule has 0 amide bonds. The van der Waals surface area contributed by atoms with Crippen molar-refractivity contribution in [1.29, 1.82) is 0 Å². The molecule has 1 atom stereocenters. The van der Waals surface area contributed by atoms with Gasteiger partial charge in [0.1, 0.15) is 0 Å². The van der Waals surface area contributed by atoms with Crippen molar-refractivity contribution in [3.63, 3.8) is 0 Å². The first-order valence-electron chi connectivity index (χ1n) is 9.18. The number of hydrogen-bond donors (Lipinski definition) is 1. The average molecular weight is 325 g/mol. The van der Waals surface area contributed by atoms with Crippen LogP contribution in [0.4, 0.5) is 0 Å². The fourth-order valence-corrected chi connectivity index (χ4v) is 4.14. The smallest absolute Gasteiger partial charge is 0.0543 e. The van der Waals surface area contributed by atoms with Crippen LogP contribution in [-0.2, 0) is 20.0 Å². The first kappa shape index (κ1) is 15.8. The van der Waals surface area contributed by atoms with Crippen molar-refractivity contribution in [2.24, 2.45) is 7.05 Å². The van der Waals surface area contributed by atoms with E-state index in [-0.39, 0.29) is 0 Å². The maximum atomic E-state index is 4.46. The zero-order valence-electron chi connectivity index (χ0n) is 14.5. The number of aromatic nitrogens is 3. The zero-order chi connectivity index (χ0) is 16.4. The Balaban J connectivity index is 1.31. The summed E-state index contributed by atoms with van der Waals surface area (Å²) < 4.78 is 2.05. The van der Waals surface area contributed by atoms with Crippen LogP contribution >= 0.6 is 0 Å². The van der Waals surface area contributed by atoms with E-state index in [1.807, 2.05) is 12.3 Å². The van der Waals surface area contributed by atoms with Gasteiger partial charge in [0.25, 0.3) is 0 Å². The number of nitrogens with one attached hydrogen (secondary N) is 1. The van der Waals surface area contributed by atoms with Crippen LogP contribution in [-0.4, -0.2) is 38.8 Å². The summed E-state index contributed by atoms with van der Waals surface area (Å²) in [5.41, 5.74) is 4.03. The van der Waals surface area contributed by atoms with Crippen molar-refractivity contribution >= 4 is 0 Å². The van der Waals surface area contributed by atoms with Crippen LogP contribution in [0.5, 0.6) is 0 Å². The molecule has 1 saturated heterocycles. The van der Waals surface area contributed by atoms with Crippen molar-refractivity contribution < 1.29 is 0 Å². The lowest BCUT2D eigenvalue weighted by Gasteiger charge is -2.35. The van der Waals surface area contributed by atoms with E-state index in [9.17, 15) is 0 Å². The molecule has 0 spiro atoms. The number of likely N-dealkylation sites (tertiary alicyclic amines) is 1. The molecule has 24 heavy (non-hydrogen) atoms. The second-order valence-electron chi connectivity index (χ2n) is 7.15. The van der Waals surface area contributed by atoms with Crippen molar-refractivity contribution in [3.8, 4) is 0 Å². The third kappa shape index (κ3) is 3.37. The normalized spacial score (nSPS) is 22.5. The fraction of sp³-hybridized carbons (Fsp3) is 0.579. The summed E-state index contributed by atoms with van der Waals surface area (Å²) in [6.45, 7) is 3.28. The van der Waals surface area contributed by atoms with Crippen molar-refractivity contribution in [1.82, 2.24) is 25.0 Å². The van der Waals surface area contributed by atoms with Gasteiger partial charge in [0.15, 0.2) is 0 Å². The molecule has 4 rings (SSSR count). The number of piperidine rings is 1. The molecule has 5 heteroatoms. The van der Waals surface area contributed by atoms with E-state index in [2.05, 4.69) is 50.4 Å². The molecule has 1 fully saturated rings. The highest BCUT2D eigenvalue weighted by Crippen LogP contribution is 2.30. The highest BCUT2D eigenvalue weighted by molar-refractivity contribution is 5.24. The van der Waals surface area contributed by atoms with Crippen LogP contribution in [0, 0.1) is 0 Å². The first-order chi connectivity index (χ1) is 11.8. The monoisotopic (exact) mass is 325 g/mol. The number of fused-ring (bicyclic) bond motifs is 1. The molecule has 1 aliphatic carbocycles. The van der Waals surface area contributed by atoms with Crippen LogP contribution in [0.25, 0.3) is 0 Å². The molecule has 0 aromatic carbocycles. The molecule has 1 aliphatic heterocycles. The van der Waals surface area contributed by atoms with E-state index in [4.69, 9.17) is 0 Å². The van der Waals surface area contributed by atoms with Gasteiger partial charge in [0.05, 0.1) is 11.9 Å². The molecule has 5 nitrogen and oxygen atoms in total. The van der Waals surface area contributed by atoms with Gasteiger partial charge in [0, 0.05) is 56.2 Å². The van der Waals surface area contributed by atoms with E-state index in [0.717, 1.165) is 19.6 Å². The molecule has 0 saturated carbocycles. The summed E-state index contributed by atoms with van der Waals surface area (Å²) in [6.07, 6.45) is 10.1. The Labute approximate surface area is 144 Å². The van der Waals surface area contributed by atoms with Gasteiger partial charge in [-0.05, 0) is 44.2 Å². The number of hydrogen-bond acceptors (Lipinski definition) is 4. The van der Waals surface area contributed by atoms with Gasteiger partial charge in [-0.3, -0.25) is 14.6 Å². The Hall–Kier alpha value is -1.72. The fourth-order valence-electron chi connectivity index (χ4n) is 4.14. The van der Waals surface area contributed by atoms with E-state index in [0.29, 0.717) is 12.1 Å². The third-order valence-corrected chi connectivity index (χ3v) is 5.51. The molecule has 1 N–H and O–H groups in total. The highest BCUT2D eigenvalue weighted by atomic mass is 15.3. The topological polar surface area (TPSA) is 46.0 Å². The first-order valence-corrected chi connectivity index (χ1v) is 9.18. The summed E-state index contributed by atoms with van der Waals surface area (Å²) in [5.74, 6) is 0. The molecule has 0 radical (unpaired) electrons. The van der Waals surface area contributed by atoms with Gasteiger partial charge >= 0.3 is 0 Å². The molecule has 2 aliphatic rings. The Kier molecular flexibility index (Phi) is 4.63. The van der Waals surface area contributed by atoms with Gasteiger partial charge in [-0.1, -0.05) is 6.07 Å². The minimum atomic E-state index is 0.495. The summed E-state index contributed by atoms with van der Waals surface area (Å²) in [5, 5.41) is 8.38. The number of rotatable bonds is 4. The lowest BCUT2D eigenvalue weighted by atomic mass is 9.91. The predicted octanol–water partition coefficient (Wildman–Crippen LogP) is 2.45. The predicted molar refractivity (Wildman–Crippen MR) is 94.6 cm³/mol. The summed E-state index contributed by atoms with van der Waals surface area (Å²) in [7, 11) is 2.07. The van der Waals surface area contributed by atoms with Crippen molar-refractivity contribution in [2.75, 3.05) is 13.1 Å². The molecule has 2 aromatic heterocycles. The molecular formula is C19H27N5. The van der Waals surface area contributed by atoms with Crippen LogP contribution in [0.1, 0.15) is 48.7 Å². The van der Waals surface area contributed by atoms with Crippen LogP contribution in [0.3, 0.4) is 0 Å². The Morgan fingerprint density at radius 3 is 2.88 bits per heavy atom. The van der Waals surface area contributed by atoms with Crippen molar-refractivity contribution in [2.45, 2.75) is 50.7 Å². The average Bonchev–Trinajstić information content (AvgIpc) is 3.00. The molecule has 0 bridgehead atoms. The van der Waals surface area contributed by atoms with Gasteiger partial charge in [0.2, 0.25) is 0 Å². The van der Waals surface area contributed by atoms with Crippen LogP contribution in [0.15, 0.2) is 30.6 Å². The SMILES string of the molecule is Cn1ncc2c1CCC[C@H]2NC1CCN(Cc2ccccn2)CC1. The summed E-state index contributed by atoms with van der Waals surface area (Å²) in [6, 6.07) is 7.30. The Morgan fingerprint density at radius 1 is 1.21 bits per heavy atom. The standard InChI is InChI=1S/C19H27N5/c1-23-19-7-4-6-18(17(19)13-21-23)22-15-8-11-24(12-9-15)14-16-5-2-3-10-20-16/h2-3,5,10,13,15,18,22H,4,6-9,11-12,14H2,1H3/t18-/m1/s1. The van der Waals surface area contributed by atoms with E-state index in [1.54, 1.807) is 0 Å². The molecular weight excluding hydrogens is 298 g/mol. The summed E-state index contributed by atoms with van der Waals surface area (Å²) in [4.78, 5) is 6.97. The number of nitrogens with zero attached hydrogens (tertiary/aromatic N) is 4. The van der Waals surface area contributed by atoms with E-state index in [1.165, 1.54) is 49.1 Å². The minimum Gasteiger partial charge on any atom is -0.307 e. The highest BCUT2D eigenvalue weighted by Gasteiger charge is 2.27. The van der Waals surface area contributed by atoms with Crippen molar-refractivity contribution in [3.05, 3.63) is 47.5 Å². The Morgan fingerprint density at radius 2 is 2.08 bits per heavy atom. The lowest BCUT2D eigenvalue weighted by molar-refractivity contribution is 0.180. The van der Waals surface area contributed by atoms with Gasteiger partial charge in [-0.15, -0.1) is 0 Å². The quantitative estimate of drug-likeness (QED) is 0.938. The number of pyridine rings is 1. The maximum absolute atomic E-state index is 4.46. The molecule has 3 heterocycles. The lowest BCUT2D eigenvalue weighted by Crippen LogP contribution is -2.44. The molecule has 0 unspecified atom stereocenters. The number of aryl methyl sites for hydroxylation is 1. The second-order valence-corrected chi connectivity index (χ2v) is 7.15. The largest absolute Gasteiger partial charge is 0.307 e. The minimum absolute atomic E-state index is 0.495. The molecule has 2 aromatic rings. The van der Waals surface area contributed by atoms with Gasteiger partial charge in [-0.2, -0.15) is 5.10 Å². The van der Waals surface area contributed by atoms with Gasteiger partial charge < -0.3 is 5.32 Å². The van der Waals surface area contributed by atoms with E-state index < -0.39 is 0 Å². The second kappa shape index (κ2) is 7.03. The van der Waals surface area contributed by atoms with Gasteiger partial charge in [-0.25, -0.2) is 0 Å². The Bertz CT molecular complexity index is 658. The maximum Gasteiger partial charge on any atom is 0.0543 e. The van der Waals surface area contributed by atoms with Crippen LogP contribution < -0.4 is 5.32 Å². The zero-order valence-corrected chi connectivity index (χ0v) is 14.5. The van der Waals surface area contributed by atoms with E-state index >= 15 is 0 Å². The third-order valence-electron chi connectivity index (χ3n) is 5.51.